The zero-order valence-corrected chi connectivity index (χ0v) is 13.0. The number of carbonyl (C=O) groups excluding carboxylic acids is 1. The van der Waals surface area contributed by atoms with Crippen molar-refractivity contribution in [2.45, 2.75) is 13.5 Å². The number of aldehydes is 1. The molecule has 3 aromatic rings. The summed E-state index contributed by atoms with van der Waals surface area (Å²) in [5.74, 6) is 0.611. The molecule has 0 spiro atoms. The van der Waals surface area contributed by atoms with Crippen LogP contribution in [0.1, 0.15) is 21.5 Å². The summed E-state index contributed by atoms with van der Waals surface area (Å²) in [4.78, 5) is 11.4. The maximum absolute atomic E-state index is 11.4. The molecule has 0 aliphatic heterocycles. The number of ether oxygens (including phenoxy) is 1. The molecule has 0 amide bonds. The topological polar surface area (TPSA) is 26.3 Å². The monoisotopic (exact) mass is 302 g/mol. The highest BCUT2D eigenvalue weighted by molar-refractivity contribution is 5.83. The molecule has 0 unspecified atom stereocenters. The number of hydrogen-bond acceptors (Lipinski definition) is 2. The van der Waals surface area contributed by atoms with Crippen LogP contribution in [0.2, 0.25) is 0 Å². The van der Waals surface area contributed by atoms with Crippen LogP contribution in [0.4, 0.5) is 0 Å². The molecule has 0 radical (unpaired) electrons. The van der Waals surface area contributed by atoms with Gasteiger partial charge in [-0.1, -0.05) is 66.2 Å². The molecule has 2 nitrogen and oxygen atoms in total. The lowest BCUT2D eigenvalue weighted by atomic mass is 10.0. The second-order valence-electron chi connectivity index (χ2n) is 5.51. The van der Waals surface area contributed by atoms with E-state index in [2.05, 4.69) is 31.2 Å². The summed E-state index contributed by atoms with van der Waals surface area (Å²) in [7, 11) is 0. The van der Waals surface area contributed by atoms with E-state index >= 15 is 0 Å². The molecule has 0 bridgehead atoms. The van der Waals surface area contributed by atoms with Crippen molar-refractivity contribution >= 4 is 6.29 Å². The van der Waals surface area contributed by atoms with Gasteiger partial charge in [0.2, 0.25) is 0 Å². The van der Waals surface area contributed by atoms with E-state index in [0.717, 1.165) is 23.0 Å². The minimum Gasteiger partial charge on any atom is -0.488 e. The Balaban J connectivity index is 1.82. The van der Waals surface area contributed by atoms with Crippen LogP contribution >= 0.6 is 0 Å². The predicted molar refractivity (Wildman–Crippen MR) is 92.8 cm³/mol. The molecular formula is C21H18O2. The summed E-state index contributed by atoms with van der Waals surface area (Å²) in [6.45, 7) is 2.51. The summed E-state index contributed by atoms with van der Waals surface area (Å²) < 4.78 is 5.79. The molecule has 0 aromatic heterocycles. The van der Waals surface area contributed by atoms with E-state index in [1.807, 2.05) is 48.5 Å². The van der Waals surface area contributed by atoms with Gasteiger partial charge in [0, 0.05) is 0 Å². The van der Waals surface area contributed by atoms with Crippen molar-refractivity contribution in [3.63, 3.8) is 0 Å². The lowest BCUT2D eigenvalue weighted by Gasteiger charge is -2.10. The molecule has 114 valence electrons. The van der Waals surface area contributed by atoms with Crippen molar-refractivity contribution in [3.8, 4) is 16.9 Å². The Kier molecular flexibility index (Phi) is 4.53. The molecule has 0 aliphatic rings. The second kappa shape index (κ2) is 6.93. The highest BCUT2D eigenvalue weighted by Crippen LogP contribution is 2.26. The minimum absolute atomic E-state index is 0.450. The van der Waals surface area contributed by atoms with Crippen LogP contribution in [0.15, 0.2) is 72.8 Å². The average molecular weight is 302 g/mol. The molecule has 3 rings (SSSR count). The second-order valence-corrected chi connectivity index (χ2v) is 5.51. The Morgan fingerprint density at radius 3 is 2.26 bits per heavy atom. The van der Waals surface area contributed by atoms with E-state index in [1.54, 1.807) is 0 Å². The summed E-state index contributed by atoms with van der Waals surface area (Å²) in [6.07, 6.45) is 0.845. The van der Waals surface area contributed by atoms with Gasteiger partial charge in [0.25, 0.3) is 0 Å². The largest absolute Gasteiger partial charge is 0.488 e. The van der Waals surface area contributed by atoms with Gasteiger partial charge >= 0.3 is 0 Å². The number of carbonyl (C=O) groups is 1. The molecule has 23 heavy (non-hydrogen) atoms. The first-order valence-corrected chi connectivity index (χ1v) is 7.59. The maximum atomic E-state index is 11.4. The zero-order chi connectivity index (χ0) is 16.1. The first kappa shape index (κ1) is 15.0. The first-order valence-electron chi connectivity index (χ1n) is 7.59. The van der Waals surface area contributed by atoms with Crippen molar-refractivity contribution < 1.29 is 9.53 Å². The highest BCUT2D eigenvalue weighted by atomic mass is 16.5. The van der Waals surface area contributed by atoms with Crippen LogP contribution in [0.3, 0.4) is 0 Å². The van der Waals surface area contributed by atoms with E-state index in [9.17, 15) is 4.79 Å². The Labute approximate surface area is 136 Å². The summed E-state index contributed by atoms with van der Waals surface area (Å²) in [5.41, 5.74) is 4.96. The van der Waals surface area contributed by atoms with E-state index in [1.165, 1.54) is 5.56 Å². The van der Waals surface area contributed by atoms with Crippen molar-refractivity contribution in [1.29, 1.82) is 0 Å². The van der Waals surface area contributed by atoms with Crippen LogP contribution < -0.4 is 4.74 Å². The molecule has 0 aliphatic carbocycles. The van der Waals surface area contributed by atoms with Gasteiger partial charge in [-0.05, 0) is 35.7 Å². The van der Waals surface area contributed by atoms with E-state index in [-0.39, 0.29) is 0 Å². The third kappa shape index (κ3) is 3.67. The summed E-state index contributed by atoms with van der Waals surface area (Å²) in [5, 5.41) is 0. The number of rotatable bonds is 5. The number of aryl methyl sites for hydroxylation is 1. The van der Waals surface area contributed by atoms with Crippen LogP contribution in [0.5, 0.6) is 5.75 Å². The first-order chi connectivity index (χ1) is 11.3. The minimum atomic E-state index is 0.450. The normalized spacial score (nSPS) is 10.3. The molecule has 0 N–H and O–H groups in total. The van der Waals surface area contributed by atoms with E-state index in [0.29, 0.717) is 17.9 Å². The van der Waals surface area contributed by atoms with E-state index in [4.69, 9.17) is 4.74 Å². The van der Waals surface area contributed by atoms with E-state index < -0.39 is 0 Å². The van der Waals surface area contributed by atoms with Gasteiger partial charge in [-0.25, -0.2) is 0 Å². The summed E-state index contributed by atoms with van der Waals surface area (Å²) in [6, 6.07) is 23.9. The van der Waals surface area contributed by atoms with Crippen molar-refractivity contribution in [3.05, 3.63) is 89.5 Å². The smallest absolute Gasteiger partial charge is 0.153 e. The Morgan fingerprint density at radius 1 is 0.870 bits per heavy atom. The third-order valence-electron chi connectivity index (χ3n) is 3.76. The van der Waals surface area contributed by atoms with Gasteiger partial charge in [-0.2, -0.15) is 0 Å². The molecule has 0 heterocycles. The quantitative estimate of drug-likeness (QED) is 0.616. The molecule has 2 heteroatoms. The third-order valence-corrected chi connectivity index (χ3v) is 3.76. The molecule has 0 saturated heterocycles. The lowest BCUT2D eigenvalue weighted by molar-refractivity contribution is 0.111. The maximum Gasteiger partial charge on any atom is 0.153 e. The van der Waals surface area contributed by atoms with Gasteiger partial charge in [0.05, 0.1) is 5.56 Å². The van der Waals surface area contributed by atoms with Gasteiger partial charge in [0.1, 0.15) is 12.4 Å². The van der Waals surface area contributed by atoms with Gasteiger partial charge in [-0.15, -0.1) is 0 Å². The average Bonchev–Trinajstić information content (AvgIpc) is 2.61. The number of benzene rings is 3. The standard InChI is InChI=1S/C21H18O2/c1-16-7-9-18(10-8-16)19-11-12-21(20(13-19)14-22)23-15-17-5-3-2-4-6-17/h2-14H,15H2,1H3. The van der Waals surface area contributed by atoms with Crippen molar-refractivity contribution in [1.82, 2.24) is 0 Å². The molecular weight excluding hydrogens is 284 g/mol. The van der Waals surface area contributed by atoms with Gasteiger partial charge < -0.3 is 4.74 Å². The predicted octanol–water partition coefficient (Wildman–Crippen LogP) is 5.05. The fourth-order valence-corrected chi connectivity index (χ4v) is 2.43. The molecule has 0 atom stereocenters. The fraction of sp³-hybridized carbons (Fsp3) is 0.0952. The summed E-state index contributed by atoms with van der Waals surface area (Å²) >= 11 is 0. The molecule has 0 fully saturated rings. The Morgan fingerprint density at radius 2 is 1.57 bits per heavy atom. The van der Waals surface area contributed by atoms with Crippen LogP contribution in [-0.2, 0) is 6.61 Å². The van der Waals surface area contributed by atoms with Crippen LogP contribution in [0.25, 0.3) is 11.1 Å². The fourth-order valence-electron chi connectivity index (χ4n) is 2.43. The number of hydrogen-bond donors (Lipinski definition) is 0. The lowest BCUT2D eigenvalue weighted by Crippen LogP contribution is -1.98. The van der Waals surface area contributed by atoms with Gasteiger partial charge in [-0.3, -0.25) is 4.79 Å². The Hall–Kier alpha value is -2.87. The molecule has 0 saturated carbocycles. The van der Waals surface area contributed by atoms with Crippen molar-refractivity contribution in [2.75, 3.05) is 0 Å². The highest BCUT2D eigenvalue weighted by Gasteiger charge is 2.06. The van der Waals surface area contributed by atoms with Crippen LogP contribution in [-0.4, -0.2) is 6.29 Å². The Bertz CT molecular complexity index is 790. The van der Waals surface area contributed by atoms with Gasteiger partial charge in [0.15, 0.2) is 6.29 Å². The zero-order valence-electron chi connectivity index (χ0n) is 13.0. The van der Waals surface area contributed by atoms with Crippen LogP contribution in [0, 0.1) is 6.92 Å². The van der Waals surface area contributed by atoms with Crippen molar-refractivity contribution in [2.24, 2.45) is 0 Å². The molecule has 3 aromatic carbocycles. The SMILES string of the molecule is Cc1ccc(-c2ccc(OCc3ccccc3)c(C=O)c2)cc1.